The van der Waals surface area contributed by atoms with E-state index in [1.54, 1.807) is 6.92 Å². The number of aromatic carboxylic acids is 1. The molecule has 0 unspecified atom stereocenters. The predicted octanol–water partition coefficient (Wildman–Crippen LogP) is 0.991. The molecule has 27 heavy (non-hydrogen) atoms. The van der Waals surface area contributed by atoms with Crippen LogP contribution in [-0.4, -0.2) is 47.8 Å². The van der Waals surface area contributed by atoms with Gasteiger partial charge in [-0.3, -0.25) is 4.79 Å². The number of carboxylic acids is 1. The topological polar surface area (TPSA) is 143 Å². The molecule has 0 atom stereocenters. The van der Waals surface area contributed by atoms with Crippen LogP contribution in [0.4, 0.5) is 0 Å². The Bertz CT molecular complexity index is 939. The maximum atomic E-state index is 12.5. The van der Waals surface area contributed by atoms with E-state index < -0.39 is 26.8 Å². The Morgan fingerprint density at radius 1 is 1.33 bits per heavy atom. The fourth-order valence-electron chi connectivity index (χ4n) is 2.87. The zero-order valence-electron chi connectivity index (χ0n) is 14.5. The second-order valence-corrected chi connectivity index (χ2v) is 8.04. The SMILES string of the molecule is Cc1ocnc1CNC(=O)C1CCN(S(=O)(=O)c2ccc(C(=O)O)o2)CC1. The standard InChI is InChI=1S/C16H19N3O7S/c1-10-12(18-9-25-10)8-17-15(20)11-4-6-19(7-5-11)27(23,24)14-3-2-13(26-14)16(21)22/h2-3,9,11H,4-8H2,1H3,(H,17,20)(H,21,22). The first kappa shape index (κ1) is 19.1. The van der Waals surface area contributed by atoms with Crippen LogP contribution in [0.15, 0.2) is 32.5 Å². The lowest BCUT2D eigenvalue weighted by molar-refractivity contribution is -0.126. The number of hydrogen-bond acceptors (Lipinski definition) is 7. The van der Waals surface area contributed by atoms with Crippen molar-refractivity contribution < 1.29 is 31.9 Å². The van der Waals surface area contributed by atoms with E-state index in [0.717, 1.165) is 12.1 Å². The quantitative estimate of drug-likeness (QED) is 0.734. The van der Waals surface area contributed by atoms with Crippen LogP contribution in [0.3, 0.4) is 0 Å². The maximum absolute atomic E-state index is 12.5. The molecular formula is C16H19N3O7S. The van der Waals surface area contributed by atoms with Crippen molar-refractivity contribution in [3.05, 3.63) is 35.7 Å². The van der Waals surface area contributed by atoms with Crippen molar-refractivity contribution in [3.63, 3.8) is 0 Å². The number of nitrogens with zero attached hydrogens (tertiary/aromatic N) is 2. The highest BCUT2D eigenvalue weighted by atomic mass is 32.2. The van der Waals surface area contributed by atoms with Crippen LogP contribution >= 0.6 is 0 Å². The van der Waals surface area contributed by atoms with E-state index in [1.165, 1.54) is 10.7 Å². The van der Waals surface area contributed by atoms with Gasteiger partial charge in [0.15, 0.2) is 6.39 Å². The van der Waals surface area contributed by atoms with Crippen molar-refractivity contribution >= 4 is 21.9 Å². The summed E-state index contributed by atoms with van der Waals surface area (Å²) in [6.07, 6.45) is 2.02. The average Bonchev–Trinajstić information content (AvgIpc) is 3.29. The normalized spacial score (nSPS) is 16.3. The van der Waals surface area contributed by atoms with Crippen molar-refractivity contribution in [1.82, 2.24) is 14.6 Å². The van der Waals surface area contributed by atoms with Gasteiger partial charge in [0.2, 0.25) is 16.8 Å². The van der Waals surface area contributed by atoms with Gasteiger partial charge in [0.05, 0.1) is 6.54 Å². The van der Waals surface area contributed by atoms with E-state index in [-0.39, 0.29) is 31.5 Å². The molecule has 0 bridgehead atoms. The molecule has 0 saturated carbocycles. The maximum Gasteiger partial charge on any atom is 0.371 e. The van der Waals surface area contributed by atoms with E-state index in [2.05, 4.69) is 10.3 Å². The summed E-state index contributed by atoms with van der Waals surface area (Å²) >= 11 is 0. The Kier molecular flexibility index (Phi) is 5.33. The van der Waals surface area contributed by atoms with Gasteiger partial charge >= 0.3 is 5.97 Å². The van der Waals surface area contributed by atoms with Crippen LogP contribution in [0.1, 0.15) is 34.9 Å². The third kappa shape index (κ3) is 4.03. The largest absolute Gasteiger partial charge is 0.475 e. The number of piperidine rings is 1. The van der Waals surface area contributed by atoms with Crippen molar-refractivity contribution in [3.8, 4) is 0 Å². The fourth-order valence-corrected chi connectivity index (χ4v) is 4.25. The van der Waals surface area contributed by atoms with Crippen LogP contribution in [-0.2, 0) is 21.4 Å². The smallest absolute Gasteiger partial charge is 0.371 e. The van der Waals surface area contributed by atoms with Gasteiger partial charge in [-0.05, 0) is 31.9 Å². The number of oxazole rings is 1. The number of carbonyl (C=O) groups excluding carboxylic acids is 1. The number of rotatable bonds is 6. The molecule has 1 amide bonds. The number of amides is 1. The van der Waals surface area contributed by atoms with Gasteiger partial charge in [-0.15, -0.1) is 0 Å². The Morgan fingerprint density at radius 2 is 2.04 bits per heavy atom. The van der Waals surface area contributed by atoms with Crippen LogP contribution in [0.2, 0.25) is 0 Å². The molecule has 3 rings (SSSR count). The van der Waals surface area contributed by atoms with Gasteiger partial charge in [-0.1, -0.05) is 0 Å². The molecule has 11 heteroatoms. The van der Waals surface area contributed by atoms with Gasteiger partial charge < -0.3 is 19.3 Å². The number of carbonyl (C=O) groups is 2. The highest BCUT2D eigenvalue weighted by molar-refractivity contribution is 7.89. The number of aromatic nitrogens is 1. The second kappa shape index (κ2) is 7.53. The van der Waals surface area contributed by atoms with Crippen LogP contribution in [0.25, 0.3) is 0 Å². The van der Waals surface area contributed by atoms with Gasteiger partial charge in [-0.2, -0.15) is 4.31 Å². The van der Waals surface area contributed by atoms with Crippen molar-refractivity contribution in [2.45, 2.75) is 31.4 Å². The summed E-state index contributed by atoms with van der Waals surface area (Å²) in [6.45, 7) is 2.30. The lowest BCUT2D eigenvalue weighted by Crippen LogP contribution is -2.42. The summed E-state index contributed by atoms with van der Waals surface area (Å²) in [5, 5.41) is 11.2. The third-order valence-electron chi connectivity index (χ3n) is 4.49. The zero-order valence-corrected chi connectivity index (χ0v) is 15.4. The summed E-state index contributed by atoms with van der Waals surface area (Å²) in [5.41, 5.74) is 0.649. The molecule has 10 nitrogen and oxygen atoms in total. The molecule has 1 saturated heterocycles. The van der Waals surface area contributed by atoms with Gasteiger partial charge in [0.1, 0.15) is 11.5 Å². The Hall–Kier alpha value is -2.66. The molecule has 0 radical (unpaired) electrons. The van der Waals surface area contributed by atoms with E-state index in [0.29, 0.717) is 24.3 Å². The number of carboxylic acid groups (broad SMARTS) is 1. The minimum Gasteiger partial charge on any atom is -0.475 e. The Morgan fingerprint density at radius 3 is 2.59 bits per heavy atom. The summed E-state index contributed by atoms with van der Waals surface area (Å²) < 4.78 is 36.2. The Labute approximate surface area is 155 Å². The van der Waals surface area contributed by atoms with E-state index in [1.807, 2.05) is 0 Å². The molecule has 2 aromatic heterocycles. The predicted molar refractivity (Wildman–Crippen MR) is 90.2 cm³/mol. The first-order valence-corrected chi connectivity index (χ1v) is 9.73. The number of hydrogen-bond donors (Lipinski definition) is 2. The number of aryl methyl sites for hydroxylation is 1. The summed E-state index contributed by atoms with van der Waals surface area (Å²) in [6, 6.07) is 2.22. The van der Waals surface area contributed by atoms with Crippen LogP contribution < -0.4 is 5.32 Å². The monoisotopic (exact) mass is 397 g/mol. The molecule has 1 aliphatic heterocycles. The third-order valence-corrected chi connectivity index (χ3v) is 6.26. The highest BCUT2D eigenvalue weighted by Gasteiger charge is 2.34. The molecular weight excluding hydrogens is 378 g/mol. The van der Waals surface area contributed by atoms with Gasteiger partial charge in [0.25, 0.3) is 10.0 Å². The fraction of sp³-hybridized carbons (Fsp3) is 0.438. The van der Waals surface area contributed by atoms with E-state index in [9.17, 15) is 18.0 Å². The van der Waals surface area contributed by atoms with E-state index >= 15 is 0 Å². The molecule has 2 N–H and O–H groups in total. The number of sulfonamides is 1. The first-order chi connectivity index (χ1) is 12.8. The van der Waals surface area contributed by atoms with Gasteiger partial charge in [0, 0.05) is 19.0 Å². The molecule has 1 fully saturated rings. The second-order valence-electron chi connectivity index (χ2n) is 6.18. The van der Waals surface area contributed by atoms with E-state index in [4.69, 9.17) is 13.9 Å². The van der Waals surface area contributed by atoms with Crippen molar-refractivity contribution in [2.75, 3.05) is 13.1 Å². The molecule has 146 valence electrons. The summed E-state index contributed by atoms with van der Waals surface area (Å²) in [5.74, 6) is -1.62. The molecule has 1 aliphatic rings. The number of nitrogens with one attached hydrogen (secondary N) is 1. The summed E-state index contributed by atoms with van der Waals surface area (Å²) in [4.78, 5) is 27.1. The molecule has 3 heterocycles. The lowest BCUT2D eigenvalue weighted by Gasteiger charge is -2.29. The van der Waals surface area contributed by atoms with Gasteiger partial charge in [-0.25, -0.2) is 18.2 Å². The first-order valence-electron chi connectivity index (χ1n) is 8.29. The molecule has 2 aromatic rings. The number of furan rings is 1. The molecule has 0 spiro atoms. The summed E-state index contributed by atoms with van der Waals surface area (Å²) in [7, 11) is -3.93. The Balaban J connectivity index is 1.56. The zero-order chi connectivity index (χ0) is 19.6. The lowest BCUT2D eigenvalue weighted by atomic mass is 9.97. The highest BCUT2D eigenvalue weighted by Crippen LogP contribution is 2.25. The molecule has 0 aromatic carbocycles. The average molecular weight is 397 g/mol. The van der Waals surface area contributed by atoms with Crippen molar-refractivity contribution in [2.24, 2.45) is 5.92 Å². The minimum atomic E-state index is -3.93. The molecule has 0 aliphatic carbocycles. The van der Waals surface area contributed by atoms with Crippen LogP contribution in [0, 0.1) is 12.8 Å². The van der Waals surface area contributed by atoms with Crippen LogP contribution in [0.5, 0.6) is 0 Å². The van der Waals surface area contributed by atoms with Crippen molar-refractivity contribution in [1.29, 1.82) is 0 Å². The minimum absolute atomic E-state index is 0.145.